The Kier molecular flexibility index (Phi) is 5.20. The Bertz CT molecular complexity index is 495. The van der Waals surface area contributed by atoms with Crippen molar-refractivity contribution in [2.75, 3.05) is 43.8 Å². The van der Waals surface area contributed by atoms with Gasteiger partial charge >= 0.3 is 0 Å². The summed E-state index contributed by atoms with van der Waals surface area (Å²) in [4.78, 5) is 17.1. The Morgan fingerprint density at radius 1 is 1.33 bits per heavy atom. The van der Waals surface area contributed by atoms with E-state index in [1.807, 2.05) is 32.0 Å². The van der Waals surface area contributed by atoms with E-state index in [9.17, 15) is 4.79 Å². The number of nitrogens with two attached hydrogens (primary N) is 1. The molecule has 0 aromatic heterocycles. The molecule has 1 amide bonds. The van der Waals surface area contributed by atoms with Gasteiger partial charge in [0.25, 0.3) is 0 Å². The molecule has 1 heterocycles. The molecule has 0 bridgehead atoms. The smallest absolute Gasteiger partial charge is 0.241 e. The summed E-state index contributed by atoms with van der Waals surface area (Å²) in [6.45, 7) is 11.1. The molecule has 0 aliphatic carbocycles. The first kappa shape index (κ1) is 15.8. The Hall–Kier alpha value is -1.59. The monoisotopic (exact) mass is 290 g/mol. The molecule has 2 rings (SSSR count). The normalized spacial score (nSPS) is 18.4. The van der Waals surface area contributed by atoms with Crippen LogP contribution in [0.5, 0.6) is 0 Å². The molecule has 1 aromatic carbocycles. The number of carbonyl (C=O) groups is 1. The van der Waals surface area contributed by atoms with Crippen molar-refractivity contribution in [3.63, 3.8) is 0 Å². The Morgan fingerprint density at radius 2 is 2.00 bits per heavy atom. The zero-order valence-corrected chi connectivity index (χ0v) is 13.2. The third-order valence-corrected chi connectivity index (χ3v) is 4.41. The predicted octanol–water partition coefficient (Wildman–Crippen LogP) is 1.54. The number of nitrogens with one attached hydrogen (secondary N) is 1. The van der Waals surface area contributed by atoms with Crippen molar-refractivity contribution < 1.29 is 4.79 Å². The van der Waals surface area contributed by atoms with Gasteiger partial charge in [-0.2, -0.15) is 0 Å². The second kappa shape index (κ2) is 6.91. The molecule has 5 nitrogen and oxygen atoms in total. The zero-order chi connectivity index (χ0) is 15.4. The number of piperazine rings is 1. The van der Waals surface area contributed by atoms with Gasteiger partial charge in [0.15, 0.2) is 0 Å². The molecule has 0 spiro atoms. The predicted molar refractivity (Wildman–Crippen MR) is 87.4 cm³/mol. The molecule has 0 radical (unpaired) electrons. The molecule has 1 aliphatic rings. The molecule has 21 heavy (non-hydrogen) atoms. The summed E-state index contributed by atoms with van der Waals surface area (Å²) in [5.41, 5.74) is 8.31. The number of nitrogens with zero attached hydrogens (tertiary/aromatic N) is 2. The molecular formula is C16H26N4O. The van der Waals surface area contributed by atoms with Gasteiger partial charge in [0.1, 0.15) is 0 Å². The van der Waals surface area contributed by atoms with E-state index in [1.165, 1.54) is 0 Å². The van der Waals surface area contributed by atoms with Crippen LogP contribution in [-0.2, 0) is 4.79 Å². The van der Waals surface area contributed by atoms with Crippen molar-refractivity contribution in [2.24, 2.45) is 0 Å². The number of amides is 1. The highest BCUT2D eigenvalue weighted by atomic mass is 16.2. The van der Waals surface area contributed by atoms with Crippen LogP contribution in [0.25, 0.3) is 0 Å². The van der Waals surface area contributed by atoms with E-state index < -0.39 is 0 Å². The molecular weight excluding hydrogens is 264 g/mol. The van der Waals surface area contributed by atoms with E-state index in [-0.39, 0.29) is 11.9 Å². The number of hydrogen-bond acceptors (Lipinski definition) is 4. The van der Waals surface area contributed by atoms with Crippen LogP contribution in [0.3, 0.4) is 0 Å². The Labute approximate surface area is 127 Å². The van der Waals surface area contributed by atoms with Crippen molar-refractivity contribution in [1.82, 2.24) is 9.80 Å². The third-order valence-electron chi connectivity index (χ3n) is 4.41. The van der Waals surface area contributed by atoms with Gasteiger partial charge in [0.2, 0.25) is 5.91 Å². The minimum Gasteiger partial charge on any atom is -0.398 e. The number of nitrogen functional groups attached to an aromatic ring is 1. The van der Waals surface area contributed by atoms with Crippen molar-refractivity contribution >= 4 is 17.3 Å². The van der Waals surface area contributed by atoms with Crippen LogP contribution in [0.2, 0.25) is 0 Å². The highest BCUT2D eigenvalue weighted by Crippen LogP contribution is 2.21. The van der Waals surface area contributed by atoms with Crippen LogP contribution in [0.1, 0.15) is 19.4 Å². The van der Waals surface area contributed by atoms with Gasteiger partial charge < -0.3 is 16.0 Å². The second-order valence-electron chi connectivity index (χ2n) is 5.66. The number of carbonyl (C=O) groups excluding carboxylic acids is 1. The fourth-order valence-electron chi connectivity index (χ4n) is 2.66. The van der Waals surface area contributed by atoms with Crippen LogP contribution in [0, 0.1) is 6.92 Å². The lowest BCUT2D eigenvalue weighted by molar-refractivity contribution is -0.121. The van der Waals surface area contributed by atoms with E-state index >= 15 is 0 Å². The summed E-state index contributed by atoms with van der Waals surface area (Å²) in [6.07, 6.45) is 0. The fraction of sp³-hybridized carbons (Fsp3) is 0.562. The molecule has 1 unspecified atom stereocenters. The van der Waals surface area contributed by atoms with Crippen LogP contribution in [0.4, 0.5) is 11.4 Å². The quantitative estimate of drug-likeness (QED) is 0.826. The first-order valence-electron chi connectivity index (χ1n) is 7.65. The van der Waals surface area contributed by atoms with Crippen LogP contribution in [0.15, 0.2) is 18.2 Å². The van der Waals surface area contributed by atoms with Gasteiger partial charge in [-0.1, -0.05) is 13.0 Å². The summed E-state index contributed by atoms with van der Waals surface area (Å²) >= 11 is 0. The van der Waals surface area contributed by atoms with E-state index in [4.69, 9.17) is 5.73 Å². The second-order valence-corrected chi connectivity index (χ2v) is 5.66. The highest BCUT2D eigenvalue weighted by molar-refractivity contribution is 5.95. The van der Waals surface area contributed by atoms with Gasteiger partial charge in [0, 0.05) is 37.6 Å². The van der Waals surface area contributed by atoms with Crippen molar-refractivity contribution in [2.45, 2.75) is 26.8 Å². The number of hydrogen-bond donors (Lipinski definition) is 2. The SMILES string of the molecule is CCN1CCN(C(C)C(=O)Nc2cccc(N)c2C)CC1. The Balaban J connectivity index is 1.95. The first-order chi connectivity index (χ1) is 10.0. The molecule has 5 heteroatoms. The lowest BCUT2D eigenvalue weighted by Gasteiger charge is -2.37. The molecule has 0 saturated carbocycles. The highest BCUT2D eigenvalue weighted by Gasteiger charge is 2.25. The lowest BCUT2D eigenvalue weighted by Crippen LogP contribution is -2.52. The molecule has 116 valence electrons. The Morgan fingerprint density at radius 3 is 2.62 bits per heavy atom. The summed E-state index contributed by atoms with van der Waals surface area (Å²) in [7, 11) is 0. The van der Waals surface area contributed by atoms with Crippen molar-refractivity contribution in [3.05, 3.63) is 23.8 Å². The minimum atomic E-state index is -0.121. The maximum absolute atomic E-state index is 12.4. The van der Waals surface area contributed by atoms with E-state index in [1.54, 1.807) is 0 Å². The minimum absolute atomic E-state index is 0.0358. The van der Waals surface area contributed by atoms with Crippen LogP contribution < -0.4 is 11.1 Å². The topological polar surface area (TPSA) is 61.6 Å². The third kappa shape index (κ3) is 3.74. The van der Waals surface area contributed by atoms with Gasteiger partial charge in [-0.15, -0.1) is 0 Å². The number of likely N-dealkylation sites (N-methyl/N-ethyl adjacent to an activating group) is 1. The van der Waals surface area contributed by atoms with E-state index in [0.29, 0.717) is 5.69 Å². The van der Waals surface area contributed by atoms with E-state index in [2.05, 4.69) is 22.0 Å². The number of rotatable bonds is 4. The van der Waals surface area contributed by atoms with Gasteiger partial charge in [-0.05, 0) is 38.1 Å². The molecule has 1 fully saturated rings. The average Bonchev–Trinajstić information content (AvgIpc) is 2.51. The zero-order valence-electron chi connectivity index (χ0n) is 13.2. The number of benzene rings is 1. The van der Waals surface area contributed by atoms with Crippen molar-refractivity contribution in [3.8, 4) is 0 Å². The molecule has 1 aromatic rings. The summed E-state index contributed by atoms with van der Waals surface area (Å²) in [6, 6.07) is 5.48. The average molecular weight is 290 g/mol. The number of anilines is 2. The maximum atomic E-state index is 12.4. The van der Waals surface area contributed by atoms with Gasteiger partial charge in [-0.25, -0.2) is 0 Å². The maximum Gasteiger partial charge on any atom is 0.241 e. The van der Waals surface area contributed by atoms with Crippen molar-refractivity contribution in [1.29, 1.82) is 0 Å². The van der Waals surface area contributed by atoms with Gasteiger partial charge in [-0.3, -0.25) is 9.69 Å². The van der Waals surface area contributed by atoms with E-state index in [0.717, 1.165) is 44.0 Å². The summed E-state index contributed by atoms with van der Waals surface area (Å²) in [5, 5.41) is 3.00. The summed E-state index contributed by atoms with van der Waals surface area (Å²) in [5.74, 6) is 0.0358. The molecule has 1 saturated heterocycles. The summed E-state index contributed by atoms with van der Waals surface area (Å²) < 4.78 is 0. The van der Waals surface area contributed by atoms with Gasteiger partial charge in [0.05, 0.1) is 6.04 Å². The fourth-order valence-corrected chi connectivity index (χ4v) is 2.66. The van der Waals surface area contributed by atoms with Crippen LogP contribution >= 0.6 is 0 Å². The molecule has 1 aliphatic heterocycles. The first-order valence-corrected chi connectivity index (χ1v) is 7.65. The molecule has 3 N–H and O–H groups in total. The lowest BCUT2D eigenvalue weighted by atomic mass is 10.1. The standard InChI is InChI=1S/C16H26N4O/c1-4-19-8-10-20(11-9-19)13(3)16(21)18-15-7-5-6-14(17)12(15)2/h5-7,13H,4,8-11,17H2,1-3H3,(H,18,21). The molecule has 1 atom stereocenters. The largest absolute Gasteiger partial charge is 0.398 e. The van der Waals surface area contributed by atoms with Crippen LogP contribution in [-0.4, -0.2) is 54.5 Å².